The van der Waals surface area contributed by atoms with E-state index < -0.39 is 11.8 Å². The molecule has 178 valence electrons. The van der Waals surface area contributed by atoms with Crippen LogP contribution in [0.3, 0.4) is 0 Å². The van der Waals surface area contributed by atoms with Crippen molar-refractivity contribution in [3.05, 3.63) is 87.6 Å². The lowest BCUT2D eigenvalue weighted by Crippen LogP contribution is -2.53. The minimum Gasteiger partial charge on any atom is -0.369 e. The second-order valence-corrected chi connectivity index (χ2v) is 9.74. The molecule has 3 aromatic rings. The zero-order valence-corrected chi connectivity index (χ0v) is 20.7. The van der Waals surface area contributed by atoms with Gasteiger partial charge in [-0.1, -0.05) is 54.1 Å². The topological polar surface area (TPSA) is 64.7 Å². The van der Waals surface area contributed by atoms with Crippen molar-refractivity contribution in [2.75, 3.05) is 31.1 Å². The van der Waals surface area contributed by atoms with Crippen molar-refractivity contribution < 1.29 is 9.59 Å². The van der Waals surface area contributed by atoms with E-state index in [1.165, 1.54) is 10.6 Å². The number of nitrogens with one attached hydrogen (secondary N) is 2. The Hall–Kier alpha value is -2.87. The first-order chi connectivity index (χ1) is 16.5. The molecule has 1 aliphatic rings. The summed E-state index contributed by atoms with van der Waals surface area (Å²) in [6.45, 7) is 5.73. The number of benzene rings is 2. The summed E-state index contributed by atoms with van der Waals surface area (Å²) in [5, 5.41) is 8.20. The summed E-state index contributed by atoms with van der Waals surface area (Å²) in [5.41, 5.74) is 2.00. The van der Waals surface area contributed by atoms with Crippen molar-refractivity contribution in [1.29, 1.82) is 0 Å². The first kappa shape index (κ1) is 24.3. The predicted molar refractivity (Wildman–Crippen MR) is 138 cm³/mol. The summed E-state index contributed by atoms with van der Waals surface area (Å²) < 4.78 is 0. The SMILES string of the molecule is CC(NC(=O)C(=O)NCc1ccccc1Cl)C(c1cccs1)N1CCN(c2ccccc2)CC1. The molecule has 2 N–H and O–H groups in total. The highest BCUT2D eigenvalue weighted by molar-refractivity contribution is 7.10. The molecule has 4 rings (SSSR count). The van der Waals surface area contributed by atoms with Crippen LogP contribution in [0.15, 0.2) is 72.1 Å². The van der Waals surface area contributed by atoms with Gasteiger partial charge in [0, 0.05) is 54.4 Å². The summed E-state index contributed by atoms with van der Waals surface area (Å²) in [6.07, 6.45) is 0. The molecule has 1 saturated heterocycles. The third-order valence-corrected chi connectivity index (χ3v) is 7.41. The highest BCUT2D eigenvalue weighted by Gasteiger charge is 2.31. The Balaban J connectivity index is 1.37. The zero-order valence-electron chi connectivity index (χ0n) is 19.1. The van der Waals surface area contributed by atoms with Gasteiger partial charge in [-0.05, 0) is 42.1 Å². The number of rotatable bonds is 7. The van der Waals surface area contributed by atoms with E-state index in [4.69, 9.17) is 11.6 Å². The molecular weight excluding hydrogens is 468 g/mol. The summed E-state index contributed by atoms with van der Waals surface area (Å²) in [6, 6.07) is 21.6. The van der Waals surface area contributed by atoms with Crippen LogP contribution in [0.25, 0.3) is 0 Å². The fraction of sp³-hybridized carbons (Fsp3) is 0.308. The van der Waals surface area contributed by atoms with E-state index in [0.717, 1.165) is 31.7 Å². The van der Waals surface area contributed by atoms with Crippen molar-refractivity contribution in [1.82, 2.24) is 15.5 Å². The minimum absolute atomic E-state index is 0.00163. The van der Waals surface area contributed by atoms with Crippen LogP contribution in [-0.4, -0.2) is 48.9 Å². The molecule has 0 aliphatic carbocycles. The van der Waals surface area contributed by atoms with Gasteiger partial charge in [0.2, 0.25) is 0 Å². The zero-order chi connectivity index (χ0) is 23.9. The highest BCUT2D eigenvalue weighted by Crippen LogP contribution is 2.30. The van der Waals surface area contributed by atoms with Gasteiger partial charge in [-0.2, -0.15) is 0 Å². The number of halogens is 1. The second kappa shape index (κ2) is 11.5. The summed E-state index contributed by atoms with van der Waals surface area (Å²) in [5.74, 6) is -1.30. The molecule has 0 saturated carbocycles. The third kappa shape index (κ3) is 5.97. The number of thiophene rings is 1. The number of amides is 2. The summed E-state index contributed by atoms with van der Waals surface area (Å²) >= 11 is 7.82. The normalized spacial score (nSPS) is 16.0. The number of carbonyl (C=O) groups excluding carboxylic acids is 2. The quantitative estimate of drug-likeness (QED) is 0.484. The standard InChI is InChI=1S/C26H29ClN4O2S/c1-19(29-26(33)25(32)28-18-20-8-5-6-11-22(20)27)24(23-12-7-17-34-23)31-15-13-30(14-16-31)21-9-3-2-4-10-21/h2-12,17,19,24H,13-16,18H2,1H3,(H,28,32)(H,29,33). The number of carbonyl (C=O) groups is 2. The number of nitrogens with zero attached hydrogens (tertiary/aromatic N) is 2. The molecule has 34 heavy (non-hydrogen) atoms. The molecule has 1 fully saturated rings. The molecule has 2 amide bonds. The molecule has 6 nitrogen and oxygen atoms in total. The van der Waals surface area contributed by atoms with E-state index in [1.54, 1.807) is 17.4 Å². The van der Waals surface area contributed by atoms with E-state index in [-0.39, 0.29) is 18.6 Å². The van der Waals surface area contributed by atoms with Crippen LogP contribution in [0, 0.1) is 0 Å². The van der Waals surface area contributed by atoms with Crippen molar-refractivity contribution in [2.24, 2.45) is 0 Å². The summed E-state index contributed by atoms with van der Waals surface area (Å²) in [7, 11) is 0. The smallest absolute Gasteiger partial charge is 0.309 e. The molecule has 0 spiro atoms. The Morgan fingerprint density at radius 2 is 1.65 bits per heavy atom. The number of hydrogen-bond acceptors (Lipinski definition) is 5. The lowest BCUT2D eigenvalue weighted by atomic mass is 10.0. The van der Waals surface area contributed by atoms with Crippen molar-refractivity contribution >= 4 is 40.4 Å². The van der Waals surface area contributed by atoms with Gasteiger partial charge < -0.3 is 15.5 Å². The maximum absolute atomic E-state index is 12.7. The van der Waals surface area contributed by atoms with E-state index in [1.807, 2.05) is 42.6 Å². The van der Waals surface area contributed by atoms with Gasteiger partial charge >= 0.3 is 11.8 Å². The molecule has 8 heteroatoms. The maximum Gasteiger partial charge on any atom is 0.309 e. The molecule has 2 atom stereocenters. The first-order valence-electron chi connectivity index (χ1n) is 11.4. The second-order valence-electron chi connectivity index (χ2n) is 8.36. The Labute approximate surface area is 209 Å². The van der Waals surface area contributed by atoms with E-state index in [9.17, 15) is 9.59 Å². The Morgan fingerprint density at radius 3 is 2.32 bits per heavy atom. The summed E-state index contributed by atoms with van der Waals surface area (Å²) in [4.78, 5) is 31.1. The monoisotopic (exact) mass is 496 g/mol. The average molecular weight is 497 g/mol. The van der Waals surface area contributed by atoms with Crippen molar-refractivity contribution in [3.63, 3.8) is 0 Å². The predicted octanol–water partition coefficient (Wildman–Crippen LogP) is 4.09. The average Bonchev–Trinajstić information content (AvgIpc) is 3.39. The minimum atomic E-state index is -0.661. The van der Waals surface area contributed by atoms with Gasteiger partial charge in [-0.15, -0.1) is 11.3 Å². The maximum atomic E-state index is 12.7. The van der Waals surface area contributed by atoms with Crippen LogP contribution < -0.4 is 15.5 Å². The van der Waals surface area contributed by atoms with Crippen molar-refractivity contribution in [3.8, 4) is 0 Å². The number of anilines is 1. The van der Waals surface area contributed by atoms with E-state index in [2.05, 4.69) is 50.8 Å². The van der Waals surface area contributed by atoms with Crippen LogP contribution in [-0.2, 0) is 16.1 Å². The van der Waals surface area contributed by atoms with Gasteiger partial charge in [0.15, 0.2) is 0 Å². The molecule has 2 unspecified atom stereocenters. The Kier molecular flexibility index (Phi) is 8.21. The number of hydrogen-bond donors (Lipinski definition) is 2. The number of piperazine rings is 1. The van der Waals surface area contributed by atoms with E-state index >= 15 is 0 Å². The van der Waals surface area contributed by atoms with Crippen LogP contribution in [0.5, 0.6) is 0 Å². The first-order valence-corrected chi connectivity index (χ1v) is 12.7. The largest absolute Gasteiger partial charge is 0.369 e. The Morgan fingerprint density at radius 1 is 0.941 bits per heavy atom. The van der Waals surface area contributed by atoms with Gasteiger partial charge in [0.05, 0.1) is 6.04 Å². The van der Waals surface area contributed by atoms with Gasteiger partial charge in [0.1, 0.15) is 0 Å². The fourth-order valence-electron chi connectivity index (χ4n) is 4.35. The van der Waals surface area contributed by atoms with Gasteiger partial charge in [0.25, 0.3) is 0 Å². The third-order valence-electron chi connectivity index (χ3n) is 6.10. The van der Waals surface area contributed by atoms with Crippen molar-refractivity contribution in [2.45, 2.75) is 25.6 Å². The molecule has 2 heterocycles. The van der Waals surface area contributed by atoms with Gasteiger partial charge in [-0.25, -0.2) is 0 Å². The lowest BCUT2D eigenvalue weighted by molar-refractivity contribution is -0.140. The fourth-order valence-corrected chi connectivity index (χ4v) is 5.51. The van der Waals surface area contributed by atoms with Crippen LogP contribution >= 0.6 is 22.9 Å². The van der Waals surface area contributed by atoms with Crippen LogP contribution in [0.2, 0.25) is 5.02 Å². The molecular formula is C26H29ClN4O2S. The van der Waals surface area contributed by atoms with Gasteiger partial charge in [-0.3, -0.25) is 14.5 Å². The molecule has 2 aromatic carbocycles. The van der Waals surface area contributed by atoms with Crippen LogP contribution in [0.1, 0.15) is 23.4 Å². The molecule has 1 aromatic heterocycles. The molecule has 1 aliphatic heterocycles. The highest BCUT2D eigenvalue weighted by atomic mass is 35.5. The lowest BCUT2D eigenvalue weighted by Gasteiger charge is -2.42. The molecule has 0 radical (unpaired) electrons. The molecule has 0 bridgehead atoms. The van der Waals surface area contributed by atoms with E-state index in [0.29, 0.717) is 5.02 Å². The van der Waals surface area contributed by atoms with Crippen LogP contribution in [0.4, 0.5) is 5.69 Å². The Bertz CT molecular complexity index is 1090. The number of para-hydroxylation sites is 1.